The van der Waals surface area contributed by atoms with Gasteiger partial charge >= 0.3 is 5.97 Å². The Morgan fingerprint density at radius 1 is 1.26 bits per heavy atom. The van der Waals surface area contributed by atoms with Crippen LogP contribution in [0.1, 0.15) is 57.5 Å². The highest BCUT2D eigenvalue weighted by Gasteiger charge is 2.40. The van der Waals surface area contributed by atoms with E-state index in [-0.39, 0.29) is 18.5 Å². The van der Waals surface area contributed by atoms with Gasteiger partial charge in [-0.15, -0.1) is 0 Å². The topological polar surface area (TPSA) is 77.8 Å². The van der Waals surface area contributed by atoms with E-state index in [1.807, 2.05) is 39.8 Å². The molecule has 1 aromatic rings. The number of furan rings is 1. The summed E-state index contributed by atoms with van der Waals surface area (Å²) in [6.45, 7) is 8.04. The van der Waals surface area contributed by atoms with Gasteiger partial charge in [-0.3, -0.25) is 4.79 Å². The van der Waals surface area contributed by atoms with Gasteiger partial charge in [-0.2, -0.15) is 0 Å². The molecule has 0 radical (unpaired) electrons. The molecule has 0 bridgehead atoms. The van der Waals surface area contributed by atoms with Crippen molar-refractivity contribution in [3.8, 4) is 0 Å². The van der Waals surface area contributed by atoms with Crippen LogP contribution in [0.3, 0.4) is 0 Å². The van der Waals surface area contributed by atoms with Crippen molar-refractivity contribution in [2.24, 2.45) is 0 Å². The highest BCUT2D eigenvalue weighted by Crippen LogP contribution is 2.42. The van der Waals surface area contributed by atoms with Crippen molar-refractivity contribution in [3.63, 3.8) is 0 Å². The third-order valence-corrected chi connectivity index (χ3v) is 4.81. The van der Waals surface area contributed by atoms with Crippen molar-refractivity contribution < 1.29 is 23.5 Å². The lowest BCUT2D eigenvalue weighted by Gasteiger charge is -2.32. The minimum atomic E-state index is -0.527. The third kappa shape index (κ3) is 4.16. The second-order valence-corrected chi connectivity index (χ2v) is 7.27. The summed E-state index contributed by atoms with van der Waals surface area (Å²) >= 11 is 0. The zero-order valence-electron chi connectivity index (χ0n) is 16.4. The van der Waals surface area contributed by atoms with Crippen LogP contribution in [-0.4, -0.2) is 31.1 Å². The zero-order valence-corrected chi connectivity index (χ0v) is 16.4. The number of dihydropyridines is 1. The van der Waals surface area contributed by atoms with Crippen molar-refractivity contribution in [3.05, 3.63) is 46.2 Å². The summed E-state index contributed by atoms with van der Waals surface area (Å²) < 4.78 is 16.7. The summed E-state index contributed by atoms with van der Waals surface area (Å²) in [5.74, 6) is 0.424. The van der Waals surface area contributed by atoms with Crippen LogP contribution in [0.15, 0.2) is 39.1 Å². The number of ether oxygens (including phenoxy) is 2. The normalized spacial score (nSPS) is 20.0. The highest BCUT2D eigenvalue weighted by atomic mass is 16.6. The molecule has 1 atom stereocenters. The number of aryl methyl sites for hydroxylation is 1. The molecular weight excluding hydrogens is 346 g/mol. The van der Waals surface area contributed by atoms with E-state index in [4.69, 9.17) is 13.9 Å². The van der Waals surface area contributed by atoms with Gasteiger partial charge in [-0.1, -0.05) is 0 Å². The molecule has 0 saturated carbocycles. The molecule has 6 nitrogen and oxygen atoms in total. The first kappa shape index (κ1) is 19.4. The predicted octanol–water partition coefficient (Wildman–Crippen LogP) is 3.52. The lowest BCUT2D eigenvalue weighted by atomic mass is 9.77. The lowest BCUT2D eigenvalue weighted by Crippen LogP contribution is -2.34. The van der Waals surface area contributed by atoms with Gasteiger partial charge in [0.05, 0.1) is 24.2 Å². The molecule has 2 heterocycles. The molecule has 146 valence electrons. The first-order valence-corrected chi connectivity index (χ1v) is 9.47. The fourth-order valence-corrected chi connectivity index (χ4v) is 3.64. The second kappa shape index (κ2) is 8.13. The van der Waals surface area contributed by atoms with Crippen LogP contribution in [-0.2, 0) is 19.1 Å². The van der Waals surface area contributed by atoms with Gasteiger partial charge in [0.2, 0.25) is 0 Å². The number of hydrogen-bond donors (Lipinski definition) is 1. The van der Waals surface area contributed by atoms with Crippen molar-refractivity contribution in [1.82, 2.24) is 5.32 Å². The van der Waals surface area contributed by atoms with Gasteiger partial charge in [-0.05, 0) is 52.7 Å². The fourth-order valence-electron chi connectivity index (χ4n) is 3.64. The van der Waals surface area contributed by atoms with Gasteiger partial charge in [0, 0.05) is 23.4 Å². The van der Waals surface area contributed by atoms with Crippen molar-refractivity contribution in [1.29, 1.82) is 0 Å². The number of carbonyl (C=O) groups excluding carboxylic acids is 2. The maximum absolute atomic E-state index is 12.9. The van der Waals surface area contributed by atoms with Crippen LogP contribution in [0, 0.1) is 6.92 Å². The van der Waals surface area contributed by atoms with E-state index in [9.17, 15) is 9.59 Å². The number of hydrogen-bond acceptors (Lipinski definition) is 6. The zero-order chi connectivity index (χ0) is 19.6. The number of esters is 1. The first-order valence-electron chi connectivity index (χ1n) is 9.47. The predicted molar refractivity (Wildman–Crippen MR) is 100.0 cm³/mol. The Hall–Kier alpha value is -2.34. The Kier molecular flexibility index (Phi) is 5.85. The van der Waals surface area contributed by atoms with Crippen LogP contribution < -0.4 is 5.32 Å². The van der Waals surface area contributed by atoms with Gasteiger partial charge in [0.25, 0.3) is 0 Å². The smallest absolute Gasteiger partial charge is 0.336 e. The Balaban J connectivity index is 1.90. The van der Waals surface area contributed by atoms with E-state index >= 15 is 0 Å². The highest BCUT2D eigenvalue weighted by molar-refractivity contribution is 6.03. The Labute approximate surface area is 159 Å². The molecule has 2 aliphatic rings. The standard InChI is InChI=1S/C21H27NO5/c1-12(2)25-10-11-26-21(24)18-14(4)22-15-6-5-7-16(23)19(15)20(18)17-9-8-13(3)27-17/h8-9,12,20,22H,5-7,10-11H2,1-4H3/t20-/m1/s1. The number of ketones is 1. The van der Waals surface area contributed by atoms with Gasteiger partial charge < -0.3 is 19.2 Å². The minimum absolute atomic E-state index is 0.0590. The summed E-state index contributed by atoms with van der Waals surface area (Å²) in [5.41, 5.74) is 2.66. The van der Waals surface area contributed by atoms with Gasteiger partial charge in [0.1, 0.15) is 18.1 Å². The largest absolute Gasteiger partial charge is 0.465 e. The maximum Gasteiger partial charge on any atom is 0.336 e. The van der Waals surface area contributed by atoms with E-state index in [0.29, 0.717) is 35.6 Å². The molecule has 1 N–H and O–H groups in total. The molecule has 0 fully saturated rings. The third-order valence-electron chi connectivity index (χ3n) is 4.81. The van der Waals surface area contributed by atoms with Crippen LogP contribution in [0.25, 0.3) is 0 Å². The average molecular weight is 373 g/mol. The lowest BCUT2D eigenvalue weighted by molar-refractivity contribution is -0.141. The molecular formula is C21H27NO5. The molecule has 1 aliphatic carbocycles. The van der Waals surface area contributed by atoms with E-state index in [0.717, 1.165) is 24.3 Å². The quantitative estimate of drug-likeness (QED) is 0.607. The number of allylic oxidation sites excluding steroid dienone is 3. The van der Waals surface area contributed by atoms with Crippen LogP contribution >= 0.6 is 0 Å². The molecule has 3 rings (SSSR count). The first-order chi connectivity index (χ1) is 12.9. The SMILES string of the molecule is CC1=C(C(=O)OCCOC(C)C)[C@@H](c2ccc(C)o2)C2=C(CCCC2=O)N1. The summed E-state index contributed by atoms with van der Waals surface area (Å²) in [7, 11) is 0. The van der Waals surface area contributed by atoms with Crippen molar-refractivity contribution in [2.75, 3.05) is 13.2 Å². The monoisotopic (exact) mass is 373 g/mol. The molecule has 1 aromatic heterocycles. The number of Topliss-reactive ketones (excluding diaryl/α,β-unsaturated/α-hetero) is 1. The molecule has 0 spiro atoms. The van der Waals surface area contributed by atoms with Crippen molar-refractivity contribution in [2.45, 2.75) is 59.0 Å². The van der Waals surface area contributed by atoms with Crippen LogP contribution in [0.4, 0.5) is 0 Å². The average Bonchev–Trinajstić information content (AvgIpc) is 3.03. The second-order valence-electron chi connectivity index (χ2n) is 7.27. The Bertz CT molecular complexity index is 799. The molecule has 0 saturated heterocycles. The summed E-state index contributed by atoms with van der Waals surface area (Å²) in [5, 5.41) is 3.26. The van der Waals surface area contributed by atoms with Crippen LogP contribution in [0.2, 0.25) is 0 Å². The Morgan fingerprint density at radius 3 is 2.70 bits per heavy atom. The van der Waals surface area contributed by atoms with E-state index in [2.05, 4.69) is 5.32 Å². The molecule has 1 aliphatic heterocycles. The van der Waals surface area contributed by atoms with E-state index < -0.39 is 11.9 Å². The van der Waals surface area contributed by atoms with Crippen LogP contribution in [0.5, 0.6) is 0 Å². The maximum atomic E-state index is 12.9. The van der Waals surface area contributed by atoms with Gasteiger partial charge in [-0.25, -0.2) is 4.79 Å². The van der Waals surface area contributed by atoms with Gasteiger partial charge in [0.15, 0.2) is 5.78 Å². The Morgan fingerprint density at radius 2 is 2.04 bits per heavy atom. The van der Waals surface area contributed by atoms with Crippen molar-refractivity contribution >= 4 is 11.8 Å². The van der Waals surface area contributed by atoms with E-state index in [1.54, 1.807) is 0 Å². The summed E-state index contributed by atoms with van der Waals surface area (Å²) in [6, 6.07) is 3.68. The molecule has 0 aromatic carbocycles. The molecule has 0 unspecified atom stereocenters. The number of carbonyl (C=O) groups is 2. The fraction of sp³-hybridized carbons (Fsp3) is 0.524. The summed E-state index contributed by atoms with van der Waals surface area (Å²) in [4.78, 5) is 25.6. The molecule has 0 amide bonds. The number of rotatable bonds is 6. The number of nitrogens with one attached hydrogen (secondary N) is 1. The van der Waals surface area contributed by atoms with E-state index in [1.165, 1.54) is 0 Å². The summed E-state index contributed by atoms with van der Waals surface area (Å²) in [6.07, 6.45) is 2.17. The minimum Gasteiger partial charge on any atom is -0.465 e. The molecule has 27 heavy (non-hydrogen) atoms. The molecule has 6 heteroatoms.